The number of para-hydroxylation sites is 4. The van der Waals surface area contributed by atoms with Gasteiger partial charge in [-0.3, -0.25) is 0 Å². The highest BCUT2D eigenvalue weighted by Gasteiger charge is 2.34. The molecule has 0 amide bonds. The molecule has 0 saturated heterocycles. The molecule has 9 rings (SSSR count). The molecule has 6 aromatic rings. The van der Waals surface area contributed by atoms with Gasteiger partial charge in [0.25, 0.3) is 0 Å². The van der Waals surface area contributed by atoms with Gasteiger partial charge in [-0.2, -0.15) is 0 Å². The van der Waals surface area contributed by atoms with Gasteiger partial charge in [0.2, 0.25) is 0 Å². The van der Waals surface area contributed by atoms with Crippen LogP contribution in [0.25, 0.3) is 22.3 Å². The zero-order valence-electron chi connectivity index (χ0n) is 23.3. The highest BCUT2D eigenvalue weighted by molar-refractivity contribution is 7.57. The Balaban J connectivity index is 1.05. The highest BCUT2D eigenvalue weighted by Crippen LogP contribution is 2.55. The van der Waals surface area contributed by atoms with E-state index in [1.807, 2.05) is 72.8 Å². The monoisotopic (exact) mass is 610 g/mol. The van der Waals surface area contributed by atoms with Gasteiger partial charge in [0.05, 0.1) is 10.6 Å². The van der Waals surface area contributed by atoms with Gasteiger partial charge < -0.3 is 22.8 Å². The lowest BCUT2D eigenvalue weighted by atomic mass is 10.00. The molecule has 0 N–H and O–H groups in total. The number of fused-ring (bicyclic) bond motifs is 8. The Bertz CT molecular complexity index is 1930. The predicted molar refractivity (Wildman–Crippen MR) is 175 cm³/mol. The quantitative estimate of drug-likeness (QED) is 0.186. The van der Waals surface area contributed by atoms with Crippen LogP contribution in [0.2, 0.25) is 0 Å². The van der Waals surface area contributed by atoms with Crippen LogP contribution in [0.1, 0.15) is 11.1 Å². The van der Waals surface area contributed by atoms with Crippen molar-refractivity contribution in [2.45, 2.75) is 6.42 Å². The summed E-state index contributed by atoms with van der Waals surface area (Å²) >= 11 is 0. The predicted octanol–water partition coefficient (Wildman–Crippen LogP) is 9.53. The summed E-state index contributed by atoms with van der Waals surface area (Å²) in [6.07, 6.45) is 0.690. The fourth-order valence-corrected chi connectivity index (χ4v) is 8.92. The van der Waals surface area contributed by atoms with Crippen LogP contribution in [0, 0.1) is 0 Å². The van der Waals surface area contributed by atoms with E-state index in [0.717, 1.165) is 55.5 Å². The van der Waals surface area contributed by atoms with Gasteiger partial charge in [0, 0.05) is 28.7 Å². The number of benzene rings is 6. The van der Waals surface area contributed by atoms with E-state index in [4.69, 9.17) is 22.8 Å². The lowest BCUT2D eigenvalue weighted by Crippen LogP contribution is -2.18. The average Bonchev–Trinajstić information content (AvgIpc) is 3.08. The molecule has 6 aromatic carbocycles. The van der Waals surface area contributed by atoms with Crippen molar-refractivity contribution in [1.82, 2.24) is 0 Å². The highest BCUT2D eigenvalue weighted by atomic mass is 31.2. The lowest BCUT2D eigenvalue weighted by Gasteiger charge is -2.30. The molecule has 5 nitrogen and oxygen atoms in total. The Hall–Kier alpha value is -4.82. The summed E-state index contributed by atoms with van der Waals surface area (Å²) in [7, 11) is -2.87. The minimum Gasteiger partial charge on any atom is -0.449 e. The van der Waals surface area contributed by atoms with Crippen LogP contribution < -0.4 is 33.4 Å². The van der Waals surface area contributed by atoms with Crippen molar-refractivity contribution in [2.24, 2.45) is 0 Å². The normalized spacial score (nSPS) is 16.6. The smallest absolute Gasteiger partial charge is 0.326 e. The Morgan fingerprint density at radius 3 is 1.36 bits per heavy atom. The fraction of sp³-hybridized carbons (Fsp3) is 0.0270. The van der Waals surface area contributed by atoms with E-state index in [2.05, 4.69) is 60.7 Å². The summed E-state index contributed by atoms with van der Waals surface area (Å²) in [5.74, 6) is 4.29. The minimum absolute atomic E-state index is 0.641. The first-order chi connectivity index (χ1) is 21.8. The van der Waals surface area contributed by atoms with Crippen molar-refractivity contribution < 1.29 is 22.8 Å². The summed E-state index contributed by atoms with van der Waals surface area (Å²) in [6, 6.07) is 44.8. The van der Waals surface area contributed by atoms with Crippen molar-refractivity contribution in [1.29, 1.82) is 0 Å². The second-order valence-electron chi connectivity index (χ2n) is 10.7. The van der Waals surface area contributed by atoms with E-state index in [1.54, 1.807) is 0 Å². The standard InChI is InChI=1S/C37H24O5P2/c1-5-17-30-26(13-1)28-15-3-7-21-34(28)43(39-30)41-32-19-9-11-24-23-25-12-10-20-33(37(25)38-36(24)32)42-44-35-22-8-4-16-29(35)27-14-2-6-18-31(27)40-44/h1-22H,23H2. The van der Waals surface area contributed by atoms with E-state index < -0.39 is 16.8 Å². The Morgan fingerprint density at radius 2 is 0.864 bits per heavy atom. The zero-order chi connectivity index (χ0) is 29.0. The van der Waals surface area contributed by atoms with Crippen molar-refractivity contribution >= 4 is 27.4 Å². The largest absolute Gasteiger partial charge is 0.449 e. The van der Waals surface area contributed by atoms with Crippen molar-refractivity contribution in [2.75, 3.05) is 0 Å². The molecular weight excluding hydrogens is 586 g/mol. The molecule has 0 bridgehead atoms. The van der Waals surface area contributed by atoms with Gasteiger partial charge in [-0.05, 0) is 47.5 Å². The molecule has 0 saturated carbocycles. The SMILES string of the molecule is c1ccc2c(c1)OP(Oc1cccc3c1Oc1c(cccc1OP1Oc4ccccc4-c4ccccc41)C3)c1ccccc1-2. The molecule has 0 aromatic heterocycles. The lowest BCUT2D eigenvalue weighted by molar-refractivity contribution is 0.404. The topological polar surface area (TPSA) is 46.2 Å². The maximum atomic E-state index is 6.70. The summed E-state index contributed by atoms with van der Waals surface area (Å²) in [5.41, 5.74) is 6.50. The van der Waals surface area contributed by atoms with E-state index in [-0.39, 0.29) is 0 Å². The molecule has 2 atom stereocenters. The van der Waals surface area contributed by atoms with Crippen LogP contribution in [-0.2, 0) is 6.42 Å². The fourth-order valence-electron chi connectivity index (χ4n) is 5.93. The maximum absolute atomic E-state index is 6.70. The van der Waals surface area contributed by atoms with Gasteiger partial charge in [-0.25, -0.2) is 0 Å². The molecule has 0 fully saturated rings. The Morgan fingerprint density at radius 1 is 0.432 bits per heavy atom. The first-order valence-corrected chi connectivity index (χ1v) is 16.8. The molecule has 0 radical (unpaired) electrons. The molecule has 2 unspecified atom stereocenters. The van der Waals surface area contributed by atoms with Crippen molar-refractivity contribution in [3.63, 3.8) is 0 Å². The third-order valence-corrected chi connectivity index (χ3v) is 11.0. The van der Waals surface area contributed by atoms with Crippen LogP contribution in [0.3, 0.4) is 0 Å². The van der Waals surface area contributed by atoms with Gasteiger partial charge in [-0.1, -0.05) is 97.1 Å². The number of rotatable bonds is 4. The minimum atomic E-state index is -1.44. The third kappa shape index (κ3) is 4.24. The van der Waals surface area contributed by atoms with Crippen molar-refractivity contribution in [3.05, 3.63) is 145 Å². The molecule has 0 spiro atoms. The first kappa shape index (κ1) is 25.7. The van der Waals surface area contributed by atoms with Crippen molar-refractivity contribution in [3.8, 4) is 56.8 Å². The molecule has 212 valence electrons. The zero-order valence-corrected chi connectivity index (χ0v) is 25.1. The van der Waals surface area contributed by atoms with Gasteiger partial charge >= 0.3 is 16.8 Å². The van der Waals surface area contributed by atoms with Crippen LogP contribution in [-0.4, -0.2) is 0 Å². The molecule has 3 aliphatic rings. The van der Waals surface area contributed by atoms with Gasteiger partial charge in [-0.15, -0.1) is 0 Å². The molecule has 3 aliphatic heterocycles. The summed E-state index contributed by atoms with van der Waals surface area (Å²) < 4.78 is 33.0. The number of hydrogen-bond acceptors (Lipinski definition) is 5. The van der Waals surface area contributed by atoms with Crippen LogP contribution in [0.4, 0.5) is 0 Å². The van der Waals surface area contributed by atoms with E-state index in [0.29, 0.717) is 29.4 Å². The summed E-state index contributed by atoms with van der Waals surface area (Å²) in [5, 5.41) is 2.07. The molecule has 7 heteroatoms. The van der Waals surface area contributed by atoms with Gasteiger partial charge in [0.1, 0.15) is 11.5 Å². The maximum Gasteiger partial charge on any atom is 0.326 e. The van der Waals surface area contributed by atoms with E-state index >= 15 is 0 Å². The van der Waals surface area contributed by atoms with Crippen LogP contribution >= 0.6 is 16.8 Å². The second-order valence-corrected chi connectivity index (χ2v) is 13.4. The molecular formula is C37H24O5P2. The number of ether oxygens (including phenoxy) is 1. The van der Waals surface area contributed by atoms with E-state index in [9.17, 15) is 0 Å². The molecule has 44 heavy (non-hydrogen) atoms. The second kappa shape index (κ2) is 10.4. The number of hydrogen-bond donors (Lipinski definition) is 0. The Labute approximate surface area is 257 Å². The van der Waals surface area contributed by atoms with Crippen LogP contribution in [0.5, 0.6) is 34.5 Å². The average molecular weight is 611 g/mol. The Kier molecular flexibility index (Phi) is 6.07. The third-order valence-electron chi connectivity index (χ3n) is 7.99. The summed E-state index contributed by atoms with van der Waals surface area (Å²) in [6.45, 7) is 0. The van der Waals surface area contributed by atoms with Gasteiger partial charge in [0.15, 0.2) is 23.0 Å². The first-order valence-electron chi connectivity index (χ1n) is 14.4. The molecule has 3 heterocycles. The summed E-state index contributed by atoms with van der Waals surface area (Å²) in [4.78, 5) is 0. The van der Waals surface area contributed by atoms with Crippen LogP contribution in [0.15, 0.2) is 133 Å². The molecule has 0 aliphatic carbocycles. The van der Waals surface area contributed by atoms with E-state index in [1.165, 1.54) is 0 Å².